The van der Waals surface area contributed by atoms with Crippen molar-refractivity contribution in [3.8, 4) is 0 Å². The van der Waals surface area contributed by atoms with Gasteiger partial charge in [0.1, 0.15) is 0 Å². The zero-order valence-electron chi connectivity index (χ0n) is 22.1. The Balaban J connectivity index is 1.59. The van der Waals surface area contributed by atoms with E-state index >= 15 is 0 Å². The first-order chi connectivity index (χ1) is 17.2. The van der Waals surface area contributed by atoms with Crippen LogP contribution in [0.25, 0.3) is 17.0 Å². The summed E-state index contributed by atoms with van der Waals surface area (Å²) < 4.78 is 2.11. The number of aliphatic hydroxyl groups excluding tert-OH is 1. The number of hydrogen-bond acceptors (Lipinski definition) is 4. The molecule has 1 amide bonds. The minimum Gasteiger partial charge on any atom is -0.390 e. The Morgan fingerprint density at radius 3 is 2.25 bits per heavy atom. The Kier molecular flexibility index (Phi) is 8.07. The molecule has 0 aliphatic carbocycles. The number of aliphatic hydroxyl groups is 1. The molecule has 2 heterocycles. The van der Waals surface area contributed by atoms with Gasteiger partial charge in [-0.15, -0.1) is 0 Å². The van der Waals surface area contributed by atoms with Crippen LogP contribution in [-0.4, -0.2) is 51.9 Å². The Morgan fingerprint density at radius 2 is 1.58 bits per heavy atom. The fourth-order valence-corrected chi connectivity index (χ4v) is 4.96. The third-order valence-corrected chi connectivity index (χ3v) is 6.31. The maximum Gasteiger partial charge on any atom is 0.280 e. The molecule has 1 aliphatic rings. The predicted octanol–water partition coefficient (Wildman–Crippen LogP) is 5.42. The number of hydrazone groups is 1. The molecule has 1 aliphatic heterocycles. The van der Waals surface area contributed by atoms with Gasteiger partial charge in [-0.1, -0.05) is 64.1 Å². The Labute approximate surface area is 214 Å². The zero-order chi connectivity index (χ0) is 25.8. The molecule has 0 fully saturated rings. The first kappa shape index (κ1) is 25.9. The minimum absolute atomic E-state index is 0.131. The SMILES string of the molecule is CC1=NN(c2ccccc2)C(=O)/C1=C/c1cn(C[C@H](O)CN(CC(C)C)CC(C)C)c2ccccc12. The van der Waals surface area contributed by atoms with Crippen LogP contribution < -0.4 is 5.01 Å². The third kappa shape index (κ3) is 5.94. The van der Waals surface area contributed by atoms with Crippen LogP contribution in [0.1, 0.15) is 40.2 Å². The van der Waals surface area contributed by atoms with Gasteiger partial charge < -0.3 is 14.6 Å². The molecule has 1 aromatic heterocycles. The van der Waals surface area contributed by atoms with E-state index in [1.807, 2.05) is 61.7 Å². The minimum atomic E-state index is -0.496. The van der Waals surface area contributed by atoms with E-state index in [-0.39, 0.29) is 5.91 Å². The summed E-state index contributed by atoms with van der Waals surface area (Å²) in [5, 5.41) is 18.1. The standard InChI is InChI=1S/C30H38N4O2/c1-21(2)16-32(17-22(3)4)19-26(35)20-33-18-24(27-13-9-10-14-29(27)33)15-28-23(5)31-34(30(28)36)25-11-7-6-8-12-25/h6-15,18,21-22,26,35H,16-17,19-20H2,1-5H3/b28-15+/t26-/m1/s1. The summed E-state index contributed by atoms with van der Waals surface area (Å²) in [4.78, 5) is 15.6. The molecule has 3 aromatic rings. The van der Waals surface area contributed by atoms with E-state index in [0.717, 1.165) is 35.2 Å². The normalized spacial score (nSPS) is 16.2. The quantitative estimate of drug-likeness (QED) is 0.389. The lowest BCUT2D eigenvalue weighted by Gasteiger charge is -2.28. The number of amides is 1. The molecule has 0 bridgehead atoms. The van der Waals surface area contributed by atoms with Crippen LogP contribution in [0.15, 0.2) is 71.5 Å². The maximum absolute atomic E-state index is 13.2. The van der Waals surface area contributed by atoms with Gasteiger partial charge in [-0.05, 0) is 43.0 Å². The highest BCUT2D eigenvalue weighted by Crippen LogP contribution is 2.28. The van der Waals surface area contributed by atoms with E-state index in [1.165, 1.54) is 5.01 Å². The number of aromatic nitrogens is 1. The number of rotatable bonds is 10. The van der Waals surface area contributed by atoms with Crippen LogP contribution in [0.2, 0.25) is 0 Å². The van der Waals surface area contributed by atoms with Gasteiger partial charge in [0.2, 0.25) is 0 Å². The van der Waals surface area contributed by atoms with Crippen molar-refractivity contribution < 1.29 is 9.90 Å². The molecule has 1 N–H and O–H groups in total. The molecule has 2 aromatic carbocycles. The molecule has 1 atom stereocenters. The lowest BCUT2D eigenvalue weighted by atomic mass is 10.1. The Bertz CT molecular complexity index is 1250. The van der Waals surface area contributed by atoms with Crippen LogP contribution in [0.4, 0.5) is 5.69 Å². The van der Waals surface area contributed by atoms with Gasteiger partial charge in [-0.25, -0.2) is 0 Å². The number of para-hydroxylation sites is 2. The van der Waals surface area contributed by atoms with Gasteiger partial charge in [-0.3, -0.25) is 4.79 Å². The summed E-state index contributed by atoms with van der Waals surface area (Å²) >= 11 is 0. The fourth-order valence-electron chi connectivity index (χ4n) is 4.96. The fraction of sp³-hybridized carbons (Fsp3) is 0.400. The lowest BCUT2D eigenvalue weighted by Crippen LogP contribution is -2.39. The van der Waals surface area contributed by atoms with Crippen LogP contribution >= 0.6 is 0 Å². The van der Waals surface area contributed by atoms with Crippen LogP contribution in [0, 0.1) is 11.8 Å². The summed E-state index contributed by atoms with van der Waals surface area (Å²) in [6.45, 7) is 13.8. The molecular formula is C30H38N4O2. The second-order valence-corrected chi connectivity index (χ2v) is 10.6. The molecule has 6 heteroatoms. The van der Waals surface area contributed by atoms with E-state index < -0.39 is 6.10 Å². The number of benzene rings is 2. The first-order valence-electron chi connectivity index (χ1n) is 12.9. The number of fused-ring (bicyclic) bond motifs is 1. The number of carbonyl (C=O) groups is 1. The molecule has 0 saturated heterocycles. The third-order valence-electron chi connectivity index (χ3n) is 6.31. The highest BCUT2D eigenvalue weighted by atomic mass is 16.3. The van der Waals surface area contributed by atoms with Gasteiger partial charge in [0.15, 0.2) is 0 Å². The van der Waals surface area contributed by atoms with Crippen molar-refractivity contribution in [3.63, 3.8) is 0 Å². The second kappa shape index (κ2) is 11.2. The summed E-state index contributed by atoms with van der Waals surface area (Å²) in [7, 11) is 0. The van der Waals surface area contributed by atoms with Gasteiger partial charge >= 0.3 is 0 Å². The molecule has 0 saturated carbocycles. The summed E-state index contributed by atoms with van der Waals surface area (Å²) in [6, 6.07) is 17.6. The highest BCUT2D eigenvalue weighted by Gasteiger charge is 2.29. The number of carbonyl (C=O) groups excluding carboxylic acids is 1. The molecule has 6 nitrogen and oxygen atoms in total. The number of hydrogen-bond donors (Lipinski definition) is 1. The van der Waals surface area contributed by atoms with Crippen LogP contribution in [0.5, 0.6) is 0 Å². The summed E-state index contributed by atoms with van der Waals surface area (Å²) in [5.41, 5.74) is 4.03. The zero-order valence-corrected chi connectivity index (χ0v) is 22.1. The topological polar surface area (TPSA) is 61.1 Å². The van der Waals surface area contributed by atoms with Crippen molar-refractivity contribution in [1.82, 2.24) is 9.47 Å². The van der Waals surface area contributed by atoms with E-state index in [4.69, 9.17) is 0 Å². The molecular weight excluding hydrogens is 448 g/mol. The molecule has 190 valence electrons. The average molecular weight is 487 g/mol. The Hall–Kier alpha value is -3.22. The number of anilines is 1. The monoisotopic (exact) mass is 486 g/mol. The maximum atomic E-state index is 13.2. The van der Waals surface area contributed by atoms with Gasteiger partial charge in [0.25, 0.3) is 5.91 Å². The van der Waals surface area contributed by atoms with E-state index in [9.17, 15) is 9.90 Å². The van der Waals surface area contributed by atoms with Crippen LogP contribution in [0.3, 0.4) is 0 Å². The average Bonchev–Trinajstić information content (AvgIpc) is 3.31. The second-order valence-electron chi connectivity index (χ2n) is 10.6. The lowest BCUT2D eigenvalue weighted by molar-refractivity contribution is -0.114. The van der Waals surface area contributed by atoms with Crippen LogP contribution in [-0.2, 0) is 11.3 Å². The molecule has 36 heavy (non-hydrogen) atoms. The molecule has 4 rings (SSSR count). The Morgan fingerprint density at radius 1 is 0.944 bits per heavy atom. The van der Waals surface area contributed by atoms with Gasteiger partial charge in [0, 0.05) is 48.8 Å². The van der Waals surface area contributed by atoms with E-state index in [2.05, 4.69) is 54.4 Å². The molecule has 0 unspecified atom stereocenters. The van der Waals surface area contributed by atoms with Gasteiger partial charge in [-0.2, -0.15) is 10.1 Å². The smallest absolute Gasteiger partial charge is 0.280 e. The van der Waals surface area contributed by atoms with E-state index in [1.54, 1.807) is 0 Å². The predicted molar refractivity (Wildman–Crippen MR) is 149 cm³/mol. The largest absolute Gasteiger partial charge is 0.390 e. The first-order valence-corrected chi connectivity index (χ1v) is 12.9. The highest BCUT2D eigenvalue weighted by molar-refractivity contribution is 6.32. The molecule has 0 spiro atoms. The summed E-state index contributed by atoms with van der Waals surface area (Å²) in [6.07, 6.45) is 3.48. The van der Waals surface area contributed by atoms with Crippen molar-refractivity contribution in [2.45, 2.75) is 47.3 Å². The van der Waals surface area contributed by atoms with Crippen molar-refractivity contribution in [1.29, 1.82) is 0 Å². The van der Waals surface area contributed by atoms with Crippen molar-refractivity contribution in [2.75, 3.05) is 24.6 Å². The summed E-state index contributed by atoms with van der Waals surface area (Å²) in [5.74, 6) is 0.963. The van der Waals surface area contributed by atoms with Crippen molar-refractivity contribution in [3.05, 3.63) is 71.9 Å². The molecule has 0 radical (unpaired) electrons. The van der Waals surface area contributed by atoms with Crippen molar-refractivity contribution >= 4 is 34.3 Å². The number of nitrogens with zero attached hydrogens (tertiary/aromatic N) is 4. The van der Waals surface area contributed by atoms with Gasteiger partial charge in [0.05, 0.1) is 23.1 Å². The van der Waals surface area contributed by atoms with Crippen molar-refractivity contribution in [2.24, 2.45) is 16.9 Å². The van der Waals surface area contributed by atoms with E-state index in [0.29, 0.717) is 36.2 Å².